The number of hydrogen-bond donors (Lipinski definition) is 0. The quantitative estimate of drug-likeness (QED) is 0.413. The van der Waals surface area contributed by atoms with Gasteiger partial charge in [-0.1, -0.05) is 0 Å². The van der Waals surface area contributed by atoms with E-state index >= 15 is 0 Å². The third kappa shape index (κ3) is 4.08. The van der Waals surface area contributed by atoms with Crippen LogP contribution in [0.4, 0.5) is 23.2 Å². The van der Waals surface area contributed by atoms with E-state index in [-0.39, 0.29) is 28.8 Å². The number of rotatable bonds is 4. The maximum absolute atomic E-state index is 13.6. The van der Waals surface area contributed by atoms with E-state index in [9.17, 15) is 22.8 Å². The highest BCUT2D eigenvalue weighted by Crippen LogP contribution is 2.47. The number of halogens is 4. The number of piperidine rings is 1. The first-order valence-corrected chi connectivity index (χ1v) is 11.0. The van der Waals surface area contributed by atoms with E-state index in [0.29, 0.717) is 24.6 Å². The zero-order valence-electron chi connectivity index (χ0n) is 18.3. The number of alkyl halides is 3. The molecule has 0 N–H and O–H groups in total. The van der Waals surface area contributed by atoms with Gasteiger partial charge in [0.2, 0.25) is 5.95 Å². The van der Waals surface area contributed by atoms with Gasteiger partial charge < -0.3 is 9.47 Å². The summed E-state index contributed by atoms with van der Waals surface area (Å²) in [7, 11) is 1.89. The molecule has 3 aromatic rings. The molecule has 2 aliphatic rings. The molecule has 176 valence electrons. The molecule has 7 nitrogen and oxygen atoms in total. The van der Waals surface area contributed by atoms with Crippen molar-refractivity contribution >= 4 is 5.69 Å². The number of nitrogens with zero attached hydrogens (tertiary/aromatic N) is 7. The second-order valence-electron chi connectivity index (χ2n) is 8.85. The molecule has 11 heteroatoms. The number of hydrogen-bond acceptors (Lipinski definition) is 6. The zero-order valence-corrected chi connectivity index (χ0v) is 18.3. The Balaban J connectivity index is 1.62. The number of aryl methyl sites for hydroxylation is 1. The first-order chi connectivity index (χ1) is 16.3. The predicted octanol–water partition coefficient (Wildman–Crippen LogP) is 4.46. The zero-order chi connectivity index (χ0) is 24.0. The minimum Gasteiger partial charge on any atom is -0.365 e. The largest absolute Gasteiger partial charge is 0.433 e. The molecule has 0 bridgehead atoms. The molecule has 0 spiro atoms. The maximum Gasteiger partial charge on any atom is 0.433 e. The maximum atomic E-state index is 13.6. The molecule has 1 aliphatic carbocycles. The van der Waals surface area contributed by atoms with Gasteiger partial charge in [-0.25, -0.2) is 9.97 Å². The van der Waals surface area contributed by atoms with Crippen molar-refractivity contribution in [2.75, 3.05) is 11.4 Å². The van der Waals surface area contributed by atoms with Gasteiger partial charge in [0.25, 0.3) is 0 Å². The van der Waals surface area contributed by atoms with Gasteiger partial charge in [-0.05, 0) is 49.8 Å². The van der Waals surface area contributed by atoms with Gasteiger partial charge in [0, 0.05) is 37.3 Å². The van der Waals surface area contributed by atoms with Crippen LogP contribution < -0.4 is 4.90 Å². The average Bonchev–Trinajstić information content (AvgIpc) is 3.58. The molecule has 1 aliphatic heterocycles. The highest BCUT2D eigenvalue weighted by atomic mass is 19.4. The van der Waals surface area contributed by atoms with Crippen molar-refractivity contribution in [2.45, 2.75) is 43.8 Å². The van der Waals surface area contributed by atoms with Crippen LogP contribution in [0.2, 0.25) is 0 Å². The summed E-state index contributed by atoms with van der Waals surface area (Å²) in [4.78, 5) is 9.54. The molecular weight excluding hydrogens is 450 g/mol. The van der Waals surface area contributed by atoms with Crippen molar-refractivity contribution in [3.63, 3.8) is 0 Å². The van der Waals surface area contributed by atoms with Crippen LogP contribution in [0.1, 0.15) is 48.7 Å². The predicted molar refractivity (Wildman–Crippen MR) is 114 cm³/mol. The first-order valence-electron chi connectivity index (χ1n) is 11.0. The summed E-state index contributed by atoms with van der Waals surface area (Å²) < 4.78 is 56.2. The van der Waals surface area contributed by atoms with E-state index < -0.39 is 17.8 Å². The lowest BCUT2D eigenvalue weighted by Crippen LogP contribution is -2.44. The summed E-state index contributed by atoms with van der Waals surface area (Å²) in [6, 6.07) is 5.18. The third-order valence-corrected chi connectivity index (χ3v) is 6.61. The number of nitriles is 1. The van der Waals surface area contributed by atoms with E-state index in [0.717, 1.165) is 43.4 Å². The van der Waals surface area contributed by atoms with E-state index in [4.69, 9.17) is 0 Å². The summed E-state index contributed by atoms with van der Waals surface area (Å²) in [5.74, 6) is 0.639. The lowest BCUT2D eigenvalue weighted by atomic mass is 9.86. The van der Waals surface area contributed by atoms with Gasteiger partial charge in [-0.3, -0.25) is 0 Å². The standard InChI is InChI=1S/C23H21F4N7/c1-33-12-30-32-22(33)14-6-7-34(17(8-14)13-2-3-13)21-16(10-28)9-18(23(25,26)27)31-20(21)15-4-5-19(24)29-11-15/h4-5,9,11-14,17H,2-3,6-8H2,1H3/t14-,17-/m1/s1. The van der Waals surface area contributed by atoms with Gasteiger partial charge >= 0.3 is 6.18 Å². The van der Waals surface area contributed by atoms with Crippen LogP contribution >= 0.6 is 0 Å². The second-order valence-corrected chi connectivity index (χ2v) is 8.85. The van der Waals surface area contributed by atoms with Crippen LogP contribution in [-0.2, 0) is 13.2 Å². The first kappa shape index (κ1) is 22.3. The molecule has 0 aromatic carbocycles. The van der Waals surface area contributed by atoms with Crippen LogP contribution in [-0.4, -0.2) is 37.3 Å². The SMILES string of the molecule is Cn1cnnc1[C@@H]1CCN(c2c(C#N)cc(C(F)(F)F)nc2-c2ccc(F)nc2)[C@@H](C2CC2)C1. The van der Waals surface area contributed by atoms with E-state index in [1.807, 2.05) is 22.6 Å². The third-order valence-electron chi connectivity index (χ3n) is 6.61. The van der Waals surface area contributed by atoms with Crippen molar-refractivity contribution in [3.8, 4) is 17.3 Å². The lowest BCUT2D eigenvalue weighted by molar-refractivity contribution is -0.141. The second kappa shape index (κ2) is 8.34. The van der Waals surface area contributed by atoms with Gasteiger partial charge in [0.15, 0.2) is 0 Å². The van der Waals surface area contributed by atoms with Crippen LogP contribution in [0, 0.1) is 23.2 Å². The molecule has 34 heavy (non-hydrogen) atoms. The minimum absolute atomic E-state index is 0.00763. The summed E-state index contributed by atoms with van der Waals surface area (Å²) >= 11 is 0. The fourth-order valence-corrected chi connectivity index (χ4v) is 4.88. The Morgan fingerprint density at radius 3 is 2.56 bits per heavy atom. The Hall–Kier alpha value is -3.55. The Kier molecular flexibility index (Phi) is 5.46. The molecule has 4 heterocycles. The molecule has 0 amide bonds. The van der Waals surface area contributed by atoms with Gasteiger partial charge in [0.1, 0.15) is 23.9 Å². The summed E-state index contributed by atoms with van der Waals surface area (Å²) in [6.07, 6.45) is 1.53. The van der Waals surface area contributed by atoms with Crippen molar-refractivity contribution in [3.05, 3.63) is 53.8 Å². The van der Waals surface area contributed by atoms with Gasteiger partial charge in [-0.15, -0.1) is 10.2 Å². The molecule has 5 rings (SSSR count). The smallest absolute Gasteiger partial charge is 0.365 e. The molecular formula is C23H21F4N7. The number of aromatic nitrogens is 5. The molecule has 2 atom stereocenters. The van der Waals surface area contributed by atoms with Crippen molar-refractivity contribution in [2.24, 2.45) is 13.0 Å². The van der Waals surface area contributed by atoms with Crippen LogP contribution in [0.15, 0.2) is 30.7 Å². The van der Waals surface area contributed by atoms with Crippen molar-refractivity contribution < 1.29 is 17.6 Å². The molecule has 3 aromatic heterocycles. The minimum atomic E-state index is -4.74. The Bertz CT molecular complexity index is 1240. The Labute approximate surface area is 193 Å². The fraction of sp³-hybridized carbons (Fsp3) is 0.435. The van der Waals surface area contributed by atoms with E-state index in [2.05, 4.69) is 20.2 Å². The summed E-state index contributed by atoms with van der Waals surface area (Å²) in [5.41, 5.74) is -0.712. The van der Waals surface area contributed by atoms with Crippen LogP contribution in [0.25, 0.3) is 11.3 Å². The highest BCUT2D eigenvalue weighted by Gasteiger charge is 2.43. The molecule has 2 fully saturated rings. The van der Waals surface area contributed by atoms with Crippen LogP contribution in [0.5, 0.6) is 0 Å². The lowest BCUT2D eigenvalue weighted by Gasteiger charge is -2.42. The fourth-order valence-electron chi connectivity index (χ4n) is 4.88. The molecule has 0 radical (unpaired) electrons. The number of pyridine rings is 2. The summed E-state index contributed by atoms with van der Waals surface area (Å²) in [5, 5.41) is 18.1. The van der Waals surface area contributed by atoms with Crippen molar-refractivity contribution in [1.82, 2.24) is 24.7 Å². The average molecular weight is 471 g/mol. The van der Waals surface area contributed by atoms with Crippen molar-refractivity contribution in [1.29, 1.82) is 5.26 Å². The Morgan fingerprint density at radius 1 is 1.18 bits per heavy atom. The summed E-state index contributed by atoms with van der Waals surface area (Å²) in [6.45, 7) is 0.516. The van der Waals surface area contributed by atoms with Gasteiger partial charge in [0.05, 0.1) is 16.9 Å². The molecule has 1 saturated carbocycles. The van der Waals surface area contributed by atoms with Crippen LogP contribution in [0.3, 0.4) is 0 Å². The van der Waals surface area contributed by atoms with E-state index in [1.54, 1.807) is 6.33 Å². The number of anilines is 1. The topological polar surface area (TPSA) is 83.5 Å². The monoisotopic (exact) mass is 471 g/mol. The normalized spacial score (nSPS) is 20.9. The highest BCUT2D eigenvalue weighted by molar-refractivity contribution is 5.80. The molecule has 0 unspecified atom stereocenters. The van der Waals surface area contributed by atoms with E-state index in [1.165, 1.54) is 6.07 Å². The van der Waals surface area contributed by atoms with Gasteiger partial charge in [-0.2, -0.15) is 22.8 Å². The Morgan fingerprint density at radius 2 is 1.97 bits per heavy atom. The molecule has 1 saturated heterocycles.